The molecule has 0 bridgehead atoms. The molecule has 1 aromatic carbocycles. The molecule has 1 aliphatic rings. The van der Waals surface area contributed by atoms with Gasteiger partial charge in [0.1, 0.15) is 11.1 Å². The molecule has 1 amide bonds. The summed E-state index contributed by atoms with van der Waals surface area (Å²) in [5.74, 6) is -0.336. The number of fused-ring (bicyclic) bond motifs is 1. The summed E-state index contributed by atoms with van der Waals surface area (Å²) in [4.78, 5) is 33.1. The average Bonchev–Trinajstić information content (AvgIpc) is 2.68. The number of carbonyl (C=O) groups excluding carboxylic acids is 1. The molecule has 1 heterocycles. The number of nitro groups is 2. The number of hydrogen-bond acceptors (Lipinski definition) is 8. The topological polar surface area (TPSA) is 139 Å². The van der Waals surface area contributed by atoms with Crippen LogP contribution >= 0.6 is 23.6 Å². The van der Waals surface area contributed by atoms with Crippen molar-refractivity contribution in [2.24, 2.45) is 5.92 Å². The Bertz CT molecular complexity index is 1120. The van der Waals surface area contributed by atoms with E-state index >= 15 is 0 Å². The number of nitrogens with one attached hydrogen (secondary N) is 1. The minimum atomic E-state index is -0.811. The lowest BCUT2D eigenvalue weighted by Crippen LogP contribution is -2.17. The lowest BCUT2D eigenvalue weighted by Gasteiger charge is -2.23. The number of hydrogen-bond donors (Lipinski definition) is 1. The Morgan fingerprint density at radius 1 is 1.24 bits per heavy atom. The van der Waals surface area contributed by atoms with Crippen LogP contribution in [0.2, 0.25) is 0 Å². The Hall–Kier alpha value is -3.23. The van der Waals surface area contributed by atoms with Gasteiger partial charge in [0, 0.05) is 12.1 Å². The molecule has 1 atom stereocenters. The van der Waals surface area contributed by atoms with E-state index in [4.69, 9.17) is 12.2 Å². The minimum Gasteiger partial charge on any atom is -0.312 e. The maximum absolute atomic E-state index is 12.7. The highest BCUT2D eigenvalue weighted by Gasteiger charge is 2.25. The zero-order valence-electron chi connectivity index (χ0n) is 15.1. The molecule has 3 rings (SSSR count). The van der Waals surface area contributed by atoms with E-state index in [9.17, 15) is 30.3 Å². The second kappa shape index (κ2) is 8.02. The Morgan fingerprint density at radius 3 is 2.41 bits per heavy atom. The number of amides is 1. The number of anilines is 1. The van der Waals surface area contributed by atoms with E-state index in [0.29, 0.717) is 21.7 Å². The minimum absolute atomic E-state index is 0.241. The molecule has 148 valence electrons. The number of nitriles is 1. The fraction of sp³-hybridized carbons (Fsp3) is 0.278. The van der Waals surface area contributed by atoms with Crippen LogP contribution in [0.4, 0.5) is 16.4 Å². The fourth-order valence-corrected chi connectivity index (χ4v) is 4.65. The van der Waals surface area contributed by atoms with Crippen LogP contribution in [-0.4, -0.2) is 15.8 Å². The van der Waals surface area contributed by atoms with Crippen LogP contribution in [0.5, 0.6) is 0 Å². The molecule has 0 saturated carbocycles. The highest BCUT2D eigenvalue weighted by molar-refractivity contribution is 7.73. The van der Waals surface area contributed by atoms with Gasteiger partial charge in [-0.15, -0.1) is 11.3 Å². The lowest BCUT2D eigenvalue weighted by molar-refractivity contribution is -0.394. The van der Waals surface area contributed by atoms with Crippen molar-refractivity contribution < 1.29 is 14.6 Å². The van der Waals surface area contributed by atoms with Gasteiger partial charge in [0.25, 0.3) is 17.3 Å². The molecule has 0 aliphatic heterocycles. The zero-order valence-corrected chi connectivity index (χ0v) is 16.8. The molecule has 2 aromatic rings. The third-order valence-electron chi connectivity index (χ3n) is 4.70. The third-order valence-corrected chi connectivity index (χ3v) is 6.14. The summed E-state index contributed by atoms with van der Waals surface area (Å²) >= 11 is 6.53. The summed E-state index contributed by atoms with van der Waals surface area (Å²) < 4.78 is 0.575. The van der Waals surface area contributed by atoms with E-state index in [-0.39, 0.29) is 10.6 Å². The molecule has 9 nitrogen and oxygen atoms in total. The summed E-state index contributed by atoms with van der Waals surface area (Å²) in [5, 5.41) is 34.5. The number of carbonyl (C=O) groups is 1. The van der Waals surface area contributed by atoms with Crippen molar-refractivity contribution in [3.63, 3.8) is 0 Å². The van der Waals surface area contributed by atoms with Crippen molar-refractivity contribution >= 4 is 45.8 Å². The molecule has 1 N–H and O–H groups in total. The molecule has 0 saturated heterocycles. The summed E-state index contributed by atoms with van der Waals surface area (Å²) in [5.41, 5.74) is 0.686. The SMILES string of the molecule is CC1CCc2c(C#N)c(NC(=O)c3cc([N+](=O)[O-])cc([N+](=O)[O-])c3)sc(=S)c2C1. The van der Waals surface area contributed by atoms with Crippen molar-refractivity contribution in [2.75, 3.05) is 5.32 Å². The van der Waals surface area contributed by atoms with Crippen molar-refractivity contribution in [3.8, 4) is 6.07 Å². The summed E-state index contributed by atoms with van der Waals surface area (Å²) in [6.45, 7) is 2.11. The quantitative estimate of drug-likeness (QED) is 0.426. The Morgan fingerprint density at radius 2 is 1.86 bits per heavy atom. The standard InChI is InChI=1S/C18H14N4O5S2/c1-9-2-3-13-14(4-9)18(28)29-17(15(13)8-19)20-16(23)10-5-11(21(24)25)7-12(6-10)22(26)27/h5-7,9H,2-4H2,1H3,(H,20,23). The number of nitro benzene ring substituents is 2. The Labute approximate surface area is 173 Å². The monoisotopic (exact) mass is 430 g/mol. The molecule has 0 fully saturated rings. The number of non-ortho nitro benzene ring substituents is 2. The first kappa shape index (κ1) is 20.5. The first-order valence-corrected chi connectivity index (χ1v) is 9.78. The van der Waals surface area contributed by atoms with Gasteiger partial charge in [-0.05, 0) is 36.3 Å². The van der Waals surface area contributed by atoms with Crippen LogP contribution in [0.25, 0.3) is 0 Å². The smallest absolute Gasteiger partial charge is 0.277 e. The number of rotatable bonds is 4. The predicted molar refractivity (Wildman–Crippen MR) is 109 cm³/mol. The molecule has 1 unspecified atom stereocenters. The van der Waals surface area contributed by atoms with E-state index in [1.54, 1.807) is 0 Å². The van der Waals surface area contributed by atoms with E-state index in [1.807, 2.05) is 0 Å². The second-order valence-corrected chi connectivity index (χ2v) is 8.40. The third kappa shape index (κ3) is 4.13. The van der Waals surface area contributed by atoms with Crippen LogP contribution in [0.15, 0.2) is 18.2 Å². The van der Waals surface area contributed by atoms with Gasteiger partial charge in [-0.1, -0.05) is 19.1 Å². The number of benzene rings is 1. The Balaban J connectivity index is 2.03. The highest BCUT2D eigenvalue weighted by atomic mass is 32.1. The van der Waals surface area contributed by atoms with Gasteiger partial charge < -0.3 is 5.32 Å². The molecule has 11 heteroatoms. The molecular weight excluding hydrogens is 416 g/mol. The van der Waals surface area contributed by atoms with Crippen LogP contribution in [0.3, 0.4) is 0 Å². The van der Waals surface area contributed by atoms with Crippen LogP contribution in [0, 0.1) is 41.3 Å². The molecular formula is C18H14N4O5S2. The molecule has 29 heavy (non-hydrogen) atoms. The lowest BCUT2D eigenvalue weighted by atomic mass is 9.85. The largest absolute Gasteiger partial charge is 0.312 e. The van der Waals surface area contributed by atoms with E-state index < -0.39 is 27.1 Å². The van der Waals surface area contributed by atoms with Gasteiger partial charge in [0.05, 0.1) is 30.9 Å². The van der Waals surface area contributed by atoms with Crippen molar-refractivity contribution in [3.05, 3.63) is 64.5 Å². The zero-order chi connectivity index (χ0) is 21.3. The summed E-state index contributed by atoms with van der Waals surface area (Å²) in [6, 6.07) is 4.80. The van der Waals surface area contributed by atoms with Gasteiger partial charge in [-0.25, -0.2) is 0 Å². The second-order valence-electron chi connectivity index (χ2n) is 6.72. The maximum atomic E-state index is 12.7. The first-order valence-electron chi connectivity index (χ1n) is 8.55. The summed E-state index contributed by atoms with van der Waals surface area (Å²) in [7, 11) is 0. The van der Waals surface area contributed by atoms with Crippen LogP contribution in [-0.2, 0) is 12.8 Å². The Kier molecular flexibility index (Phi) is 5.67. The van der Waals surface area contributed by atoms with Gasteiger partial charge >= 0.3 is 0 Å². The number of nitrogens with zero attached hydrogens (tertiary/aromatic N) is 3. The first-order chi connectivity index (χ1) is 13.7. The van der Waals surface area contributed by atoms with Crippen molar-refractivity contribution in [1.82, 2.24) is 0 Å². The maximum Gasteiger partial charge on any atom is 0.277 e. The van der Waals surface area contributed by atoms with E-state index in [1.165, 1.54) is 0 Å². The van der Waals surface area contributed by atoms with Crippen molar-refractivity contribution in [2.45, 2.75) is 26.2 Å². The molecule has 0 spiro atoms. The fourth-order valence-electron chi connectivity index (χ4n) is 3.26. The van der Waals surface area contributed by atoms with Crippen molar-refractivity contribution in [1.29, 1.82) is 5.26 Å². The molecule has 0 radical (unpaired) electrons. The normalized spacial score (nSPS) is 15.1. The molecule has 1 aliphatic carbocycles. The predicted octanol–water partition coefficient (Wildman–Crippen LogP) is 4.54. The van der Waals surface area contributed by atoms with Crippen LogP contribution < -0.4 is 5.32 Å². The van der Waals surface area contributed by atoms with Gasteiger partial charge in [0.2, 0.25) is 0 Å². The van der Waals surface area contributed by atoms with Gasteiger partial charge in [-0.2, -0.15) is 5.26 Å². The van der Waals surface area contributed by atoms with Crippen LogP contribution in [0.1, 0.15) is 40.4 Å². The molecule has 1 aromatic heterocycles. The van der Waals surface area contributed by atoms with Gasteiger partial charge in [-0.3, -0.25) is 25.0 Å². The summed E-state index contributed by atoms with van der Waals surface area (Å²) in [6.07, 6.45) is 2.34. The van der Waals surface area contributed by atoms with Gasteiger partial charge in [0.15, 0.2) is 0 Å². The van der Waals surface area contributed by atoms with E-state index in [2.05, 4.69) is 18.3 Å². The van der Waals surface area contributed by atoms with E-state index in [0.717, 1.165) is 53.5 Å². The average molecular weight is 430 g/mol. The highest BCUT2D eigenvalue weighted by Crippen LogP contribution is 2.36.